The smallest absolute Gasteiger partial charge is 0.186 e. The first-order chi connectivity index (χ1) is 11.8. The summed E-state index contributed by atoms with van der Waals surface area (Å²) in [7, 11) is 0. The Morgan fingerprint density at radius 3 is 1.92 bits per heavy atom. The van der Waals surface area contributed by atoms with Gasteiger partial charge in [-0.15, -0.1) is 6.54 Å². The number of hydrogen-bond donors (Lipinski definition) is 3. The summed E-state index contributed by atoms with van der Waals surface area (Å²) in [6.07, 6.45) is 0. The standard InChI is InChI=1S/C19H25N4.H3N2.Y/c1-19(2,3)17-6-4-15(5-7-17)16-9-13(11-20)8-14(10-16)12-23-18(21)22;1-2;/h4-10,20H,11-12H2,1-3H3,(H4,21,22,23);1H,2H2;/q2*-1;. The van der Waals surface area contributed by atoms with Crippen LogP contribution in [0.25, 0.3) is 22.7 Å². The first kappa shape index (κ1) is 24.7. The molecule has 6 nitrogen and oxygen atoms in total. The zero-order valence-corrected chi connectivity index (χ0v) is 18.6. The summed E-state index contributed by atoms with van der Waals surface area (Å²) < 4.78 is 0. The maximum Gasteiger partial charge on any atom is 0.186 e. The van der Waals surface area contributed by atoms with Gasteiger partial charge in [0.1, 0.15) is 0 Å². The number of rotatable bonds is 4. The molecule has 0 heterocycles. The predicted octanol–water partition coefficient (Wildman–Crippen LogP) is 3.89. The first-order valence-electron chi connectivity index (χ1n) is 8.02. The van der Waals surface area contributed by atoms with Gasteiger partial charge in [-0.3, -0.25) is 0 Å². The summed E-state index contributed by atoms with van der Waals surface area (Å²) in [5.74, 6) is 9.08. The zero-order chi connectivity index (χ0) is 19.0. The van der Waals surface area contributed by atoms with Crippen LogP contribution in [0.4, 0.5) is 0 Å². The van der Waals surface area contributed by atoms with Crippen LogP contribution in [0.2, 0.25) is 0 Å². The minimum atomic E-state index is 0. The van der Waals surface area contributed by atoms with Crippen molar-refractivity contribution in [2.45, 2.75) is 39.3 Å². The molecule has 0 aliphatic carbocycles. The number of benzene rings is 2. The fourth-order valence-corrected chi connectivity index (χ4v) is 2.47. The minimum absolute atomic E-state index is 0. The SMILES string of the molecule is CC(C)(C)c1ccc(-c2cc(C[NH-])cc(CN=C(N)N)c2)cc1.[NH-]N.[Y]. The molecule has 26 heavy (non-hydrogen) atoms. The summed E-state index contributed by atoms with van der Waals surface area (Å²) in [6, 6.07) is 14.7. The second-order valence-electron chi connectivity index (χ2n) is 6.78. The molecule has 8 N–H and O–H groups in total. The van der Waals surface area contributed by atoms with Crippen LogP contribution in [-0.2, 0) is 51.2 Å². The number of guanidine groups is 1. The van der Waals surface area contributed by atoms with Gasteiger partial charge in [0.25, 0.3) is 0 Å². The summed E-state index contributed by atoms with van der Waals surface area (Å²) >= 11 is 0. The first-order valence-corrected chi connectivity index (χ1v) is 8.02. The molecule has 7 heteroatoms. The van der Waals surface area contributed by atoms with Gasteiger partial charge in [0.2, 0.25) is 0 Å². The third-order valence-corrected chi connectivity index (χ3v) is 3.79. The molecule has 0 fully saturated rings. The van der Waals surface area contributed by atoms with Crippen LogP contribution in [0.1, 0.15) is 37.5 Å². The average molecular weight is 429 g/mol. The summed E-state index contributed by atoms with van der Waals surface area (Å²) in [4.78, 5) is 4.06. The van der Waals surface area contributed by atoms with Crippen LogP contribution in [0.15, 0.2) is 47.5 Å². The molecule has 0 aliphatic rings. The summed E-state index contributed by atoms with van der Waals surface area (Å²) in [5.41, 5.74) is 24.1. The third kappa shape index (κ3) is 7.52. The molecule has 0 aliphatic heterocycles. The van der Waals surface area contributed by atoms with E-state index in [0.717, 1.165) is 22.3 Å². The van der Waals surface area contributed by atoms with Gasteiger partial charge in [-0.1, -0.05) is 62.7 Å². The van der Waals surface area contributed by atoms with E-state index in [9.17, 15) is 0 Å². The number of nitrogens with two attached hydrogens (primary N) is 3. The van der Waals surface area contributed by atoms with E-state index in [1.54, 1.807) is 0 Å². The van der Waals surface area contributed by atoms with E-state index < -0.39 is 0 Å². The quantitative estimate of drug-likeness (QED) is 0.294. The topological polar surface area (TPSA) is 138 Å². The minimum Gasteiger partial charge on any atom is -0.674 e. The van der Waals surface area contributed by atoms with Gasteiger partial charge >= 0.3 is 0 Å². The summed E-state index contributed by atoms with van der Waals surface area (Å²) in [5, 5.41) is 0. The summed E-state index contributed by atoms with van der Waals surface area (Å²) in [6.45, 7) is 7.29. The van der Waals surface area contributed by atoms with E-state index in [1.165, 1.54) is 5.56 Å². The van der Waals surface area contributed by atoms with E-state index in [0.29, 0.717) is 6.54 Å². The Hall–Kier alpha value is -1.31. The van der Waals surface area contributed by atoms with Gasteiger partial charge in [0, 0.05) is 32.7 Å². The van der Waals surface area contributed by atoms with Crippen molar-refractivity contribution in [3.05, 3.63) is 70.7 Å². The fraction of sp³-hybridized carbons (Fsp3) is 0.316. The Kier molecular flexibility index (Phi) is 10.8. The Balaban J connectivity index is 0.00000201. The van der Waals surface area contributed by atoms with Gasteiger partial charge in [-0.25, -0.2) is 4.99 Å². The van der Waals surface area contributed by atoms with E-state index in [-0.39, 0.29) is 50.6 Å². The number of nitrogens with zero attached hydrogens (tertiary/aromatic N) is 1. The van der Waals surface area contributed by atoms with Gasteiger partial charge in [-0.2, -0.15) is 0 Å². The monoisotopic (exact) mass is 429 g/mol. The van der Waals surface area contributed by atoms with Crippen molar-refractivity contribution < 1.29 is 32.7 Å². The molecule has 0 spiro atoms. The molecule has 2 aromatic carbocycles. The Morgan fingerprint density at radius 2 is 1.46 bits per heavy atom. The van der Waals surface area contributed by atoms with Crippen LogP contribution in [0.5, 0.6) is 0 Å². The van der Waals surface area contributed by atoms with Gasteiger partial charge in [0.05, 0.1) is 6.54 Å². The Bertz CT molecular complexity index is 701. The fourth-order valence-electron chi connectivity index (χ4n) is 2.47. The Morgan fingerprint density at radius 1 is 0.923 bits per heavy atom. The van der Waals surface area contributed by atoms with E-state index in [4.69, 9.17) is 23.0 Å². The maximum atomic E-state index is 7.65. The molecule has 0 bridgehead atoms. The maximum absolute atomic E-state index is 7.65. The molecule has 0 amide bonds. The predicted molar refractivity (Wildman–Crippen MR) is 107 cm³/mol. The molecule has 2 rings (SSSR count). The van der Waals surface area contributed by atoms with Crippen LogP contribution < -0.4 is 17.3 Å². The van der Waals surface area contributed by atoms with Crippen LogP contribution in [0.3, 0.4) is 0 Å². The normalized spacial score (nSPS) is 10.2. The molecule has 139 valence electrons. The van der Waals surface area contributed by atoms with E-state index in [1.807, 2.05) is 6.07 Å². The molecular weight excluding hydrogens is 401 g/mol. The van der Waals surface area contributed by atoms with Crippen LogP contribution in [-0.4, -0.2) is 5.96 Å². The van der Waals surface area contributed by atoms with Gasteiger partial charge < -0.3 is 28.9 Å². The molecule has 0 unspecified atom stereocenters. The number of aliphatic imine (C=N–C) groups is 1. The molecule has 2 aromatic rings. The van der Waals surface area contributed by atoms with Crippen molar-refractivity contribution in [1.82, 2.24) is 0 Å². The van der Waals surface area contributed by atoms with Crippen molar-refractivity contribution in [2.75, 3.05) is 0 Å². The molecular formula is C19H28N6Y-2. The van der Waals surface area contributed by atoms with Gasteiger partial charge in [0.15, 0.2) is 5.96 Å². The molecule has 0 atom stereocenters. The number of hydrogen-bond acceptors (Lipinski definition) is 2. The van der Waals surface area contributed by atoms with Crippen molar-refractivity contribution >= 4 is 5.96 Å². The third-order valence-electron chi connectivity index (χ3n) is 3.79. The largest absolute Gasteiger partial charge is 0.674 e. The van der Waals surface area contributed by atoms with Crippen molar-refractivity contribution in [3.63, 3.8) is 0 Å². The molecule has 0 saturated heterocycles. The molecule has 0 saturated carbocycles. The average Bonchev–Trinajstić information content (AvgIpc) is 2.60. The molecule has 0 aromatic heterocycles. The van der Waals surface area contributed by atoms with Crippen molar-refractivity contribution in [2.24, 2.45) is 22.3 Å². The second kappa shape index (κ2) is 11.4. The molecule has 1 radical (unpaired) electrons. The number of nitrogens with one attached hydrogen (secondary N) is 2. The van der Waals surface area contributed by atoms with E-state index >= 15 is 0 Å². The second-order valence-corrected chi connectivity index (χ2v) is 6.78. The van der Waals surface area contributed by atoms with Gasteiger partial charge in [-0.05, 0) is 33.7 Å². The van der Waals surface area contributed by atoms with Crippen LogP contribution >= 0.6 is 0 Å². The zero-order valence-electron chi connectivity index (χ0n) is 15.7. The van der Waals surface area contributed by atoms with Crippen LogP contribution in [0, 0.1) is 0 Å². The Labute approximate surface area is 181 Å². The van der Waals surface area contributed by atoms with Crippen molar-refractivity contribution in [1.29, 1.82) is 0 Å². The van der Waals surface area contributed by atoms with Crippen molar-refractivity contribution in [3.8, 4) is 11.1 Å². The van der Waals surface area contributed by atoms with E-state index in [2.05, 4.69) is 68.0 Å².